The van der Waals surface area contributed by atoms with Crippen LogP contribution >= 0.6 is 0 Å². The van der Waals surface area contributed by atoms with Gasteiger partial charge in [-0.3, -0.25) is 4.79 Å². The number of carbonyl (C=O) groups is 2. The lowest BCUT2D eigenvalue weighted by Crippen LogP contribution is -2.45. The molecule has 0 saturated heterocycles. The van der Waals surface area contributed by atoms with Crippen molar-refractivity contribution in [3.63, 3.8) is 0 Å². The second-order valence-corrected chi connectivity index (χ2v) is 6.78. The third-order valence-electron chi connectivity index (χ3n) is 3.25. The van der Waals surface area contributed by atoms with E-state index in [0.29, 0.717) is 23.9 Å². The number of nitrogens with zero attached hydrogens (tertiary/aromatic N) is 1. The van der Waals surface area contributed by atoms with Gasteiger partial charge in [0.15, 0.2) is 6.10 Å². The van der Waals surface area contributed by atoms with E-state index in [2.05, 4.69) is 0 Å². The summed E-state index contributed by atoms with van der Waals surface area (Å²) in [7, 11) is 5.72. The summed E-state index contributed by atoms with van der Waals surface area (Å²) in [5, 5.41) is 10.8. The average Bonchev–Trinajstić information content (AvgIpc) is 2.37. The smallest absolute Gasteiger partial charge is 0.306 e. The number of likely N-dealkylation sites (N-methyl/N-ethyl adjacent to an activating group) is 1. The fraction of sp³-hybridized carbons (Fsp3) is 0.882. The minimum absolute atomic E-state index is 0.255. The number of ether oxygens (including phenoxy) is 1. The molecule has 0 bridgehead atoms. The van der Waals surface area contributed by atoms with Gasteiger partial charge in [0.1, 0.15) is 6.54 Å². The maximum absolute atomic E-state index is 11.9. The van der Waals surface area contributed by atoms with Crippen LogP contribution in [0.2, 0.25) is 0 Å². The lowest BCUT2D eigenvalue weighted by Gasteiger charge is -2.29. The molecule has 0 spiro atoms. The summed E-state index contributed by atoms with van der Waals surface area (Å²) in [5.41, 5.74) is 0. The number of carbonyl (C=O) groups excluding carboxylic acids is 2. The van der Waals surface area contributed by atoms with Crippen molar-refractivity contribution in [3.05, 3.63) is 0 Å². The molecular weight excluding hydrogens is 282 g/mol. The van der Waals surface area contributed by atoms with E-state index in [-0.39, 0.29) is 25.2 Å². The first-order valence-electron chi connectivity index (χ1n) is 9.59. The topological polar surface area (TPSA) is 66.4 Å². The van der Waals surface area contributed by atoms with Crippen LogP contribution in [0.25, 0.3) is 0 Å². The highest BCUT2D eigenvalue weighted by atomic mass is 16.5. The first-order valence-corrected chi connectivity index (χ1v) is 8.09. The van der Waals surface area contributed by atoms with Crippen molar-refractivity contribution in [2.24, 2.45) is 0 Å². The zero-order valence-electron chi connectivity index (χ0n) is 17.2. The Bertz CT molecular complexity index is 406. The Morgan fingerprint density at radius 1 is 1.09 bits per heavy atom. The van der Waals surface area contributed by atoms with E-state index < -0.39 is 18.9 Å². The predicted octanol–water partition coefficient (Wildman–Crippen LogP) is 1.89. The average molecular weight is 318 g/mol. The minimum Gasteiger partial charge on any atom is -0.550 e. The molecule has 0 N–H and O–H groups in total. The third-order valence-corrected chi connectivity index (χ3v) is 3.25. The lowest BCUT2D eigenvalue weighted by molar-refractivity contribution is -0.873. The molecule has 0 aliphatic heterocycles. The number of hydrogen-bond donors (Lipinski definition) is 0. The molecule has 0 aliphatic rings. The van der Waals surface area contributed by atoms with Crippen LogP contribution in [0.15, 0.2) is 0 Å². The number of hydrogen-bond acceptors (Lipinski definition) is 4. The number of rotatable bonds is 13. The van der Waals surface area contributed by atoms with Gasteiger partial charge in [0.2, 0.25) is 0 Å². The van der Waals surface area contributed by atoms with E-state index in [1.54, 1.807) is 0 Å². The van der Waals surface area contributed by atoms with Crippen LogP contribution in [0.5, 0.6) is 0 Å². The fourth-order valence-corrected chi connectivity index (χ4v) is 2.29. The Kier molecular flexibility index (Phi) is 8.23. The largest absolute Gasteiger partial charge is 0.550 e. The van der Waals surface area contributed by atoms with Crippen molar-refractivity contribution in [1.82, 2.24) is 0 Å². The van der Waals surface area contributed by atoms with Gasteiger partial charge in [0, 0.05) is 22.9 Å². The summed E-state index contributed by atoms with van der Waals surface area (Å²) in [4.78, 5) is 22.6. The molecule has 0 aromatic rings. The molecule has 0 amide bonds. The maximum atomic E-state index is 11.9. The molecule has 0 unspecified atom stereocenters. The summed E-state index contributed by atoms with van der Waals surface area (Å²) in [6.07, 6.45) is 4.65. The van der Waals surface area contributed by atoms with Gasteiger partial charge in [-0.15, -0.1) is 0 Å². The van der Waals surface area contributed by atoms with Crippen LogP contribution < -0.4 is 5.11 Å². The van der Waals surface area contributed by atoms with Gasteiger partial charge in [-0.2, -0.15) is 0 Å². The van der Waals surface area contributed by atoms with Crippen molar-refractivity contribution < 1.29 is 28.0 Å². The number of aliphatic carboxylic acids is 1. The highest BCUT2D eigenvalue weighted by Gasteiger charge is 2.22. The fourth-order valence-electron chi connectivity index (χ4n) is 2.29. The molecule has 0 fully saturated rings. The Morgan fingerprint density at radius 2 is 1.68 bits per heavy atom. The molecule has 0 radical (unpaired) electrons. The second kappa shape index (κ2) is 11.5. The van der Waals surface area contributed by atoms with Crippen LogP contribution in [-0.2, 0) is 14.3 Å². The number of carboxylic acids is 1. The molecule has 0 saturated carbocycles. The second-order valence-electron chi connectivity index (χ2n) is 6.78. The molecule has 22 heavy (non-hydrogen) atoms. The minimum atomic E-state index is -1.84. The first-order chi connectivity index (χ1) is 11.4. The van der Waals surface area contributed by atoms with Gasteiger partial charge in [-0.05, 0) is 6.42 Å². The molecule has 1 atom stereocenters. The molecule has 5 heteroatoms. The van der Waals surface area contributed by atoms with E-state index in [0.717, 1.165) is 25.7 Å². The molecule has 0 aliphatic carbocycles. The highest BCUT2D eigenvalue weighted by molar-refractivity contribution is 5.70. The monoisotopic (exact) mass is 318 g/mol. The van der Waals surface area contributed by atoms with E-state index in [1.807, 2.05) is 21.1 Å². The molecule has 5 nitrogen and oxygen atoms in total. The van der Waals surface area contributed by atoms with Gasteiger partial charge in [-0.25, -0.2) is 0 Å². The zero-order chi connectivity index (χ0) is 19.5. The van der Waals surface area contributed by atoms with Crippen LogP contribution in [0.3, 0.4) is 0 Å². The maximum Gasteiger partial charge on any atom is 0.306 e. The number of esters is 1. The van der Waals surface area contributed by atoms with Crippen LogP contribution in [0.1, 0.15) is 68.8 Å². The molecular formula is C17H33NO4. The normalized spacial score (nSPS) is 15.5. The van der Waals surface area contributed by atoms with Crippen molar-refractivity contribution in [3.8, 4) is 0 Å². The van der Waals surface area contributed by atoms with Crippen molar-refractivity contribution in [1.29, 1.82) is 0 Å². The van der Waals surface area contributed by atoms with Gasteiger partial charge in [-0.1, -0.05) is 45.4 Å². The summed E-state index contributed by atoms with van der Waals surface area (Å²) < 4.78 is 27.1. The van der Waals surface area contributed by atoms with Gasteiger partial charge < -0.3 is 19.1 Å². The standard InChI is InChI=1S/C17H33NO4/c1-5-6-7-8-9-10-11-12-17(21)22-15(13-16(19)20)14-18(2,3)4/h15H,5-14H2,1-4H3/t15-/m1/s1/i1D3. The summed E-state index contributed by atoms with van der Waals surface area (Å²) in [6.45, 7) is -1.42. The van der Waals surface area contributed by atoms with Crippen molar-refractivity contribution >= 4 is 11.9 Å². The van der Waals surface area contributed by atoms with Gasteiger partial charge in [0.25, 0.3) is 0 Å². The molecule has 0 aromatic carbocycles. The Labute approximate surface area is 139 Å². The van der Waals surface area contributed by atoms with E-state index in [4.69, 9.17) is 8.85 Å². The molecule has 0 rings (SSSR count). The SMILES string of the molecule is [2H]C([2H])([2H])CCCCCCCCC(=O)O[C@H](CC(=O)[O-])C[N+](C)(C)C. The van der Waals surface area contributed by atoms with Crippen LogP contribution in [0.4, 0.5) is 0 Å². The number of carboxylic acid groups (broad SMARTS) is 1. The van der Waals surface area contributed by atoms with Crippen LogP contribution in [0, 0.1) is 0 Å². The van der Waals surface area contributed by atoms with Gasteiger partial charge in [0.05, 0.1) is 21.1 Å². The predicted molar refractivity (Wildman–Crippen MR) is 85.0 cm³/mol. The quantitative estimate of drug-likeness (QED) is 0.295. The summed E-state index contributed by atoms with van der Waals surface area (Å²) in [6, 6.07) is 0. The Balaban J connectivity index is 3.87. The Morgan fingerprint density at radius 3 is 2.23 bits per heavy atom. The summed E-state index contributed by atoms with van der Waals surface area (Å²) >= 11 is 0. The number of unbranched alkanes of at least 4 members (excludes halogenated alkanes) is 5. The third kappa shape index (κ3) is 13.9. The highest BCUT2D eigenvalue weighted by Crippen LogP contribution is 2.11. The van der Waals surface area contributed by atoms with Gasteiger partial charge >= 0.3 is 5.97 Å². The molecule has 130 valence electrons. The Hall–Kier alpha value is -1.10. The molecule has 0 aromatic heterocycles. The van der Waals surface area contributed by atoms with E-state index in [9.17, 15) is 14.7 Å². The lowest BCUT2D eigenvalue weighted by atomic mass is 10.1. The van der Waals surface area contributed by atoms with E-state index in [1.165, 1.54) is 0 Å². The number of quaternary nitrogens is 1. The van der Waals surface area contributed by atoms with Crippen LogP contribution in [-0.4, -0.2) is 50.2 Å². The van der Waals surface area contributed by atoms with Crippen molar-refractivity contribution in [2.75, 3.05) is 27.7 Å². The zero-order valence-corrected chi connectivity index (χ0v) is 14.2. The first kappa shape index (κ1) is 15.8. The van der Waals surface area contributed by atoms with E-state index >= 15 is 0 Å². The molecule has 0 heterocycles. The van der Waals surface area contributed by atoms with Crippen molar-refractivity contribution in [2.45, 2.75) is 70.7 Å². The summed E-state index contributed by atoms with van der Waals surface area (Å²) in [5.74, 6) is -1.59.